The third kappa shape index (κ3) is 7.29. The van der Waals surface area contributed by atoms with Crippen LogP contribution in [0.15, 0.2) is 72.8 Å². The number of rotatable bonds is 11. The van der Waals surface area contributed by atoms with Gasteiger partial charge < -0.3 is 19.4 Å². The van der Waals surface area contributed by atoms with Gasteiger partial charge in [-0.25, -0.2) is 4.98 Å². The highest BCUT2D eigenvalue weighted by Gasteiger charge is 2.19. The number of hydrogen-bond acceptors (Lipinski definition) is 4. The fourth-order valence-corrected chi connectivity index (χ4v) is 4.43. The molecule has 0 aliphatic carbocycles. The third-order valence-corrected chi connectivity index (χ3v) is 6.65. The summed E-state index contributed by atoms with van der Waals surface area (Å²) in [6, 6.07) is 23.1. The fourth-order valence-electron chi connectivity index (χ4n) is 4.30. The molecule has 0 saturated carbocycles. The summed E-state index contributed by atoms with van der Waals surface area (Å²) < 4.78 is 13.8. The van der Waals surface area contributed by atoms with Gasteiger partial charge in [-0.1, -0.05) is 56.6 Å². The van der Waals surface area contributed by atoms with E-state index in [1.807, 2.05) is 37.3 Å². The van der Waals surface area contributed by atoms with Crippen molar-refractivity contribution in [3.8, 4) is 11.5 Å². The maximum Gasteiger partial charge on any atom is 0.258 e. The average molecular weight is 534 g/mol. The number of carbonyl (C=O) groups is 1. The Balaban J connectivity index is 1.32. The lowest BCUT2D eigenvalue weighted by atomic mass is 9.87. The summed E-state index contributed by atoms with van der Waals surface area (Å²) in [6.07, 6.45) is 1.83. The number of para-hydroxylation sites is 2. The molecule has 0 aliphatic heterocycles. The first-order valence-corrected chi connectivity index (χ1v) is 13.4. The van der Waals surface area contributed by atoms with Crippen molar-refractivity contribution in [2.24, 2.45) is 0 Å². The van der Waals surface area contributed by atoms with Crippen molar-refractivity contribution in [2.45, 2.75) is 58.5 Å². The number of unbranched alkanes of at least 4 members (excludes halogenated alkanes) is 1. The van der Waals surface area contributed by atoms with Crippen LogP contribution in [0.2, 0.25) is 5.02 Å². The van der Waals surface area contributed by atoms with Crippen molar-refractivity contribution in [3.05, 3.63) is 89.2 Å². The molecule has 4 aromatic rings. The van der Waals surface area contributed by atoms with Crippen LogP contribution in [0.3, 0.4) is 0 Å². The number of nitrogens with zero attached hydrogens (tertiary/aromatic N) is 2. The van der Waals surface area contributed by atoms with Crippen molar-refractivity contribution in [2.75, 3.05) is 13.2 Å². The number of aryl methyl sites for hydroxylation is 1. The summed E-state index contributed by atoms with van der Waals surface area (Å²) >= 11 is 5.91. The first-order valence-electron chi connectivity index (χ1n) is 13.1. The number of nitrogens with one attached hydrogen (secondary N) is 1. The van der Waals surface area contributed by atoms with Crippen molar-refractivity contribution >= 4 is 28.5 Å². The van der Waals surface area contributed by atoms with Gasteiger partial charge in [0.25, 0.3) is 5.91 Å². The Labute approximate surface area is 229 Å². The van der Waals surface area contributed by atoms with Gasteiger partial charge in [-0.2, -0.15) is 0 Å². The normalized spacial score (nSPS) is 12.3. The van der Waals surface area contributed by atoms with E-state index in [4.69, 9.17) is 26.1 Å². The van der Waals surface area contributed by atoms with Crippen LogP contribution in [0, 0.1) is 0 Å². The lowest BCUT2D eigenvalue weighted by Crippen LogP contribution is -2.32. The Morgan fingerprint density at radius 1 is 0.947 bits per heavy atom. The number of halogens is 1. The summed E-state index contributed by atoms with van der Waals surface area (Å²) in [5.41, 5.74) is 3.39. The first-order chi connectivity index (χ1) is 18.2. The van der Waals surface area contributed by atoms with E-state index in [9.17, 15) is 4.79 Å². The summed E-state index contributed by atoms with van der Waals surface area (Å²) in [4.78, 5) is 17.4. The number of imidazole rings is 1. The molecule has 0 saturated heterocycles. The Bertz CT molecular complexity index is 1340. The van der Waals surface area contributed by atoms with E-state index in [1.165, 1.54) is 5.56 Å². The molecule has 0 spiro atoms. The van der Waals surface area contributed by atoms with Crippen molar-refractivity contribution in [1.82, 2.24) is 14.9 Å². The molecule has 3 aromatic carbocycles. The Morgan fingerprint density at radius 2 is 1.61 bits per heavy atom. The van der Waals surface area contributed by atoms with Gasteiger partial charge in [-0.3, -0.25) is 4.79 Å². The van der Waals surface area contributed by atoms with Crippen LogP contribution in [-0.2, 0) is 16.8 Å². The minimum atomic E-state index is -0.277. The molecule has 7 heteroatoms. The third-order valence-electron chi connectivity index (χ3n) is 6.40. The second-order valence-corrected chi connectivity index (χ2v) is 10.9. The second-order valence-electron chi connectivity index (χ2n) is 10.5. The van der Waals surface area contributed by atoms with E-state index in [2.05, 4.69) is 48.9 Å². The van der Waals surface area contributed by atoms with E-state index in [1.54, 1.807) is 24.3 Å². The topological polar surface area (TPSA) is 65.4 Å². The maximum atomic E-state index is 12.6. The Kier molecular flexibility index (Phi) is 8.95. The zero-order chi connectivity index (χ0) is 27.1. The lowest BCUT2D eigenvalue weighted by Gasteiger charge is -2.19. The quantitative estimate of drug-likeness (QED) is 0.209. The molecule has 38 heavy (non-hydrogen) atoms. The van der Waals surface area contributed by atoms with Crippen LogP contribution in [0.1, 0.15) is 58.0 Å². The van der Waals surface area contributed by atoms with E-state index in [-0.39, 0.29) is 24.0 Å². The predicted molar refractivity (Wildman–Crippen MR) is 153 cm³/mol. The molecule has 4 rings (SSSR count). The van der Waals surface area contributed by atoms with Crippen LogP contribution in [-0.4, -0.2) is 28.7 Å². The highest BCUT2D eigenvalue weighted by atomic mass is 35.5. The molecular weight excluding hydrogens is 498 g/mol. The summed E-state index contributed by atoms with van der Waals surface area (Å²) in [7, 11) is 0. The second kappa shape index (κ2) is 12.4. The summed E-state index contributed by atoms with van der Waals surface area (Å²) in [6.45, 7) is 9.91. The van der Waals surface area contributed by atoms with Gasteiger partial charge in [0.1, 0.15) is 17.3 Å². The van der Waals surface area contributed by atoms with Crippen LogP contribution in [0.4, 0.5) is 0 Å². The van der Waals surface area contributed by atoms with Gasteiger partial charge in [0.2, 0.25) is 0 Å². The van der Waals surface area contributed by atoms with Crippen molar-refractivity contribution < 1.29 is 14.3 Å². The number of fused-ring (bicyclic) bond motifs is 1. The smallest absolute Gasteiger partial charge is 0.258 e. The van der Waals surface area contributed by atoms with Gasteiger partial charge in [0, 0.05) is 11.6 Å². The highest BCUT2D eigenvalue weighted by Crippen LogP contribution is 2.25. The number of aromatic nitrogens is 2. The number of ether oxygens (including phenoxy) is 2. The molecule has 0 aliphatic rings. The maximum absolute atomic E-state index is 12.6. The fraction of sp³-hybridized carbons (Fsp3) is 0.355. The van der Waals surface area contributed by atoms with E-state index < -0.39 is 0 Å². The molecule has 1 heterocycles. The largest absolute Gasteiger partial charge is 0.494 e. The van der Waals surface area contributed by atoms with E-state index in [0.29, 0.717) is 17.4 Å². The molecule has 6 nitrogen and oxygen atoms in total. The van der Waals surface area contributed by atoms with E-state index in [0.717, 1.165) is 42.0 Å². The average Bonchev–Trinajstić information content (AvgIpc) is 3.27. The predicted octanol–water partition coefficient (Wildman–Crippen LogP) is 7.10. The van der Waals surface area contributed by atoms with Gasteiger partial charge in [-0.05, 0) is 79.3 Å². The molecule has 0 bridgehead atoms. The van der Waals surface area contributed by atoms with E-state index >= 15 is 0 Å². The molecule has 1 aromatic heterocycles. The molecular formula is C31H36ClN3O3. The summed E-state index contributed by atoms with van der Waals surface area (Å²) in [5, 5.41) is 3.64. The molecule has 1 N–H and O–H groups in total. The zero-order valence-electron chi connectivity index (χ0n) is 22.5. The van der Waals surface area contributed by atoms with Crippen molar-refractivity contribution in [1.29, 1.82) is 0 Å². The molecule has 1 atom stereocenters. The van der Waals surface area contributed by atoms with Crippen LogP contribution < -0.4 is 14.8 Å². The standard InChI is InChI=1S/C31H36ClN3O3/c1-22(33-29(36)21-38-26-17-13-24(32)14-18-26)30-34-27-9-5-6-10-28(27)35(30)19-7-8-20-37-25-15-11-23(12-16-25)31(2,3)4/h5-6,9-18,22H,7-8,19-21H2,1-4H3,(H,33,36). The number of benzene rings is 3. The molecule has 200 valence electrons. The SMILES string of the molecule is CC(NC(=O)COc1ccc(Cl)cc1)c1nc2ccccc2n1CCCCOc1ccc(C(C)(C)C)cc1. The van der Waals surface area contributed by atoms with Crippen LogP contribution in [0.5, 0.6) is 11.5 Å². The highest BCUT2D eigenvalue weighted by molar-refractivity contribution is 6.30. The number of amides is 1. The first kappa shape index (κ1) is 27.5. The Hall–Kier alpha value is -3.51. The van der Waals surface area contributed by atoms with Gasteiger partial charge in [0.05, 0.1) is 23.7 Å². The summed E-state index contributed by atoms with van der Waals surface area (Å²) in [5.74, 6) is 2.10. The van der Waals surface area contributed by atoms with Gasteiger partial charge in [-0.15, -0.1) is 0 Å². The lowest BCUT2D eigenvalue weighted by molar-refractivity contribution is -0.123. The minimum absolute atomic E-state index is 0.0831. The Morgan fingerprint density at radius 3 is 2.32 bits per heavy atom. The van der Waals surface area contributed by atoms with Crippen LogP contribution >= 0.6 is 11.6 Å². The molecule has 1 unspecified atom stereocenters. The molecule has 1 amide bonds. The van der Waals surface area contributed by atoms with Crippen molar-refractivity contribution in [3.63, 3.8) is 0 Å². The number of hydrogen-bond donors (Lipinski definition) is 1. The minimum Gasteiger partial charge on any atom is -0.494 e. The zero-order valence-corrected chi connectivity index (χ0v) is 23.3. The molecule has 0 fully saturated rings. The monoisotopic (exact) mass is 533 g/mol. The number of carbonyl (C=O) groups excluding carboxylic acids is 1. The van der Waals surface area contributed by atoms with Crippen LogP contribution in [0.25, 0.3) is 11.0 Å². The molecule has 0 radical (unpaired) electrons. The van der Waals surface area contributed by atoms with Gasteiger partial charge in [0.15, 0.2) is 6.61 Å². The van der Waals surface area contributed by atoms with Gasteiger partial charge >= 0.3 is 0 Å².